The van der Waals surface area contributed by atoms with E-state index in [4.69, 9.17) is 38.7 Å². The van der Waals surface area contributed by atoms with Crippen molar-refractivity contribution in [2.45, 2.75) is 38.3 Å². The van der Waals surface area contributed by atoms with E-state index in [1.165, 1.54) is 4.57 Å². The van der Waals surface area contributed by atoms with Gasteiger partial charge in [-0.2, -0.15) is 0 Å². The Morgan fingerprint density at radius 2 is 1.91 bits per heavy atom. The SMILES string of the molecule is Cc1c(N2CCC3(CC2)Oc2ncccc2[C@H]3N)nc(C)n(-c2cccc(Cl)c2Cl)c1=O. The number of ether oxygens (including phenoxy) is 1. The Balaban J connectivity index is 1.44. The minimum atomic E-state index is -0.473. The van der Waals surface area contributed by atoms with Crippen LogP contribution in [0.25, 0.3) is 5.69 Å². The molecule has 9 heteroatoms. The summed E-state index contributed by atoms with van der Waals surface area (Å²) in [4.78, 5) is 24.6. The molecule has 1 saturated heterocycles. The minimum absolute atomic E-state index is 0.164. The van der Waals surface area contributed by atoms with Crippen LogP contribution in [0, 0.1) is 13.8 Å². The second-order valence-corrected chi connectivity index (χ2v) is 9.14. The van der Waals surface area contributed by atoms with Gasteiger partial charge in [0.05, 0.1) is 27.3 Å². The van der Waals surface area contributed by atoms with E-state index in [1.54, 1.807) is 38.2 Å². The monoisotopic (exact) mass is 471 g/mol. The number of halogens is 2. The summed E-state index contributed by atoms with van der Waals surface area (Å²) in [6.45, 7) is 4.94. The highest BCUT2D eigenvalue weighted by Crippen LogP contribution is 2.46. The number of nitrogens with two attached hydrogens (primary N) is 1. The van der Waals surface area contributed by atoms with Crippen LogP contribution in [-0.4, -0.2) is 33.2 Å². The number of hydrogen-bond donors (Lipinski definition) is 1. The van der Waals surface area contributed by atoms with Crippen LogP contribution >= 0.6 is 23.2 Å². The third-order valence-electron chi connectivity index (χ3n) is 6.53. The Labute approximate surface area is 195 Å². The van der Waals surface area contributed by atoms with E-state index in [0.717, 1.165) is 5.56 Å². The van der Waals surface area contributed by atoms with E-state index < -0.39 is 5.60 Å². The van der Waals surface area contributed by atoms with Gasteiger partial charge in [0.1, 0.15) is 17.2 Å². The summed E-state index contributed by atoms with van der Waals surface area (Å²) in [5.41, 5.74) is 7.95. The first-order valence-corrected chi connectivity index (χ1v) is 11.3. The Bertz CT molecular complexity index is 1270. The van der Waals surface area contributed by atoms with E-state index in [2.05, 4.69) is 9.88 Å². The van der Waals surface area contributed by atoms with Crippen molar-refractivity contribution >= 4 is 29.0 Å². The molecule has 166 valence electrons. The molecule has 0 aliphatic carbocycles. The molecule has 1 aromatic carbocycles. The predicted octanol–water partition coefficient (Wildman–Crippen LogP) is 3.98. The van der Waals surface area contributed by atoms with Gasteiger partial charge in [-0.1, -0.05) is 35.3 Å². The van der Waals surface area contributed by atoms with Crippen molar-refractivity contribution in [2.24, 2.45) is 5.73 Å². The lowest BCUT2D eigenvalue weighted by atomic mass is 9.83. The van der Waals surface area contributed by atoms with E-state index >= 15 is 0 Å². The first-order valence-electron chi connectivity index (χ1n) is 10.5. The van der Waals surface area contributed by atoms with Crippen LogP contribution in [0.3, 0.4) is 0 Å². The second-order valence-electron chi connectivity index (χ2n) is 8.35. The molecule has 0 radical (unpaired) electrons. The molecular weight excluding hydrogens is 449 g/mol. The number of aryl methyl sites for hydroxylation is 1. The third-order valence-corrected chi connectivity index (χ3v) is 7.34. The summed E-state index contributed by atoms with van der Waals surface area (Å²) in [6.07, 6.45) is 3.15. The van der Waals surface area contributed by atoms with Crippen LogP contribution in [0.15, 0.2) is 41.3 Å². The van der Waals surface area contributed by atoms with Crippen molar-refractivity contribution in [1.29, 1.82) is 0 Å². The highest BCUT2D eigenvalue weighted by atomic mass is 35.5. The maximum atomic E-state index is 13.3. The van der Waals surface area contributed by atoms with Crippen molar-refractivity contribution in [3.63, 3.8) is 0 Å². The van der Waals surface area contributed by atoms with Gasteiger partial charge in [-0.25, -0.2) is 9.97 Å². The van der Waals surface area contributed by atoms with Crippen molar-refractivity contribution in [3.05, 3.63) is 73.9 Å². The lowest BCUT2D eigenvalue weighted by Gasteiger charge is -2.41. The summed E-state index contributed by atoms with van der Waals surface area (Å²) >= 11 is 12.5. The van der Waals surface area contributed by atoms with Crippen LogP contribution < -0.4 is 20.9 Å². The summed E-state index contributed by atoms with van der Waals surface area (Å²) in [6, 6.07) is 8.86. The Morgan fingerprint density at radius 3 is 2.62 bits per heavy atom. The van der Waals surface area contributed by atoms with E-state index in [1.807, 2.05) is 12.1 Å². The van der Waals surface area contributed by atoms with E-state index in [-0.39, 0.29) is 11.6 Å². The van der Waals surface area contributed by atoms with Crippen LogP contribution in [0.5, 0.6) is 5.88 Å². The summed E-state index contributed by atoms with van der Waals surface area (Å²) in [5, 5.41) is 0.718. The topological polar surface area (TPSA) is 86.3 Å². The normalized spacial score (nSPS) is 19.2. The molecule has 0 unspecified atom stereocenters. The number of piperidine rings is 1. The largest absolute Gasteiger partial charge is 0.469 e. The van der Waals surface area contributed by atoms with Gasteiger partial charge in [-0.05, 0) is 32.0 Å². The van der Waals surface area contributed by atoms with E-state index in [0.29, 0.717) is 64.7 Å². The van der Waals surface area contributed by atoms with Gasteiger partial charge in [0.15, 0.2) is 0 Å². The average Bonchev–Trinajstić information content (AvgIpc) is 3.06. The minimum Gasteiger partial charge on any atom is -0.469 e. The van der Waals surface area contributed by atoms with Gasteiger partial charge in [-0.15, -0.1) is 0 Å². The lowest BCUT2D eigenvalue weighted by Crippen LogP contribution is -2.52. The molecule has 2 aliphatic rings. The molecule has 5 rings (SSSR count). The zero-order valence-corrected chi connectivity index (χ0v) is 19.3. The van der Waals surface area contributed by atoms with Gasteiger partial charge in [0.2, 0.25) is 5.88 Å². The lowest BCUT2D eigenvalue weighted by molar-refractivity contribution is 0.0397. The molecular formula is C23H23Cl2N5O2. The number of fused-ring (bicyclic) bond motifs is 1. The van der Waals surface area contributed by atoms with Crippen molar-refractivity contribution in [2.75, 3.05) is 18.0 Å². The number of rotatable bonds is 2. The zero-order chi connectivity index (χ0) is 22.6. The van der Waals surface area contributed by atoms with Crippen LogP contribution in [0.1, 0.15) is 35.8 Å². The first-order chi connectivity index (χ1) is 15.3. The maximum Gasteiger partial charge on any atom is 0.263 e. The highest BCUT2D eigenvalue weighted by molar-refractivity contribution is 6.43. The van der Waals surface area contributed by atoms with Gasteiger partial charge in [0.25, 0.3) is 5.56 Å². The number of hydrogen-bond acceptors (Lipinski definition) is 6. The molecule has 0 saturated carbocycles. The molecule has 4 heterocycles. The Kier molecular flexibility index (Phi) is 5.15. The van der Waals surface area contributed by atoms with Crippen molar-refractivity contribution in [1.82, 2.24) is 14.5 Å². The molecule has 2 N–H and O–H groups in total. The number of pyridine rings is 1. The Morgan fingerprint density at radius 1 is 1.16 bits per heavy atom. The fraction of sp³-hybridized carbons (Fsp3) is 0.348. The van der Waals surface area contributed by atoms with Crippen molar-refractivity contribution in [3.8, 4) is 11.6 Å². The van der Waals surface area contributed by atoms with Crippen LogP contribution in [0.2, 0.25) is 10.0 Å². The number of aromatic nitrogens is 3. The van der Waals surface area contributed by atoms with Gasteiger partial charge >= 0.3 is 0 Å². The third kappa shape index (κ3) is 3.18. The molecule has 1 fully saturated rings. The molecule has 7 nitrogen and oxygen atoms in total. The molecule has 32 heavy (non-hydrogen) atoms. The van der Waals surface area contributed by atoms with E-state index in [9.17, 15) is 4.79 Å². The van der Waals surface area contributed by atoms with Gasteiger partial charge < -0.3 is 15.4 Å². The quantitative estimate of drug-likeness (QED) is 0.607. The standard InChI is InChI=1S/C23H23Cl2N5O2/c1-13-20(28-14(2)30(22(13)31)17-7-3-6-16(24)18(17)25)29-11-8-23(9-12-29)19(26)15-5-4-10-27-21(15)32-23/h3-7,10,19H,8-9,11-12,26H2,1-2H3/t19-/m1/s1. The average molecular weight is 472 g/mol. The summed E-state index contributed by atoms with van der Waals surface area (Å²) in [5.74, 6) is 1.85. The predicted molar refractivity (Wildman–Crippen MR) is 125 cm³/mol. The molecule has 3 aromatic rings. The summed E-state index contributed by atoms with van der Waals surface area (Å²) in [7, 11) is 0. The zero-order valence-electron chi connectivity index (χ0n) is 17.8. The smallest absolute Gasteiger partial charge is 0.263 e. The molecule has 1 atom stereocenters. The fourth-order valence-corrected chi connectivity index (χ4v) is 5.11. The van der Waals surface area contributed by atoms with Gasteiger partial charge in [-0.3, -0.25) is 9.36 Å². The molecule has 0 amide bonds. The highest BCUT2D eigenvalue weighted by Gasteiger charge is 2.49. The van der Waals surface area contributed by atoms with Crippen molar-refractivity contribution < 1.29 is 4.74 Å². The summed E-state index contributed by atoms with van der Waals surface area (Å²) < 4.78 is 7.75. The van der Waals surface area contributed by atoms with Gasteiger partial charge in [0, 0.05) is 37.7 Å². The molecule has 2 aromatic heterocycles. The van der Waals surface area contributed by atoms with Crippen LogP contribution in [-0.2, 0) is 0 Å². The first kappa shape index (κ1) is 21.2. The molecule has 0 bridgehead atoms. The second kappa shape index (κ2) is 7.76. The Hall–Kier alpha value is -2.61. The fourth-order valence-electron chi connectivity index (χ4n) is 4.73. The van der Waals surface area contributed by atoms with Crippen LogP contribution in [0.4, 0.5) is 5.82 Å². The number of nitrogens with zero attached hydrogens (tertiary/aromatic N) is 4. The number of anilines is 1. The molecule has 2 aliphatic heterocycles. The molecule has 1 spiro atoms. The maximum absolute atomic E-state index is 13.3. The number of benzene rings is 1.